The molecule has 19 heavy (non-hydrogen) atoms. The number of benzene rings is 1. The summed E-state index contributed by atoms with van der Waals surface area (Å²) in [5, 5.41) is 10.9. The number of nitrogens with one attached hydrogen (secondary N) is 1. The number of hydrogen-bond donors (Lipinski definition) is 2. The van der Waals surface area contributed by atoms with E-state index in [1.165, 1.54) is 11.1 Å². The Labute approximate surface area is 112 Å². The van der Waals surface area contributed by atoms with Crippen LogP contribution in [0.25, 0.3) is 0 Å². The number of rotatable bonds is 4. The number of carbonyl (C=O) groups excluding carboxylic acids is 1. The van der Waals surface area contributed by atoms with Crippen LogP contribution in [-0.2, 0) is 22.6 Å². The van der Waals surface area contributed by atoms with Gasteiger partial charge in [-0.1, -0.05) is 24.3 Å². The van der Waals surface area contributed by atoms with Crippen LogP contribution in [0.3, 0.4) is 0 Å². The lowest BCUT2D eigenvalue weighted by Gasteiger charge is -2.34. The van der Waals surface area contributed by atoms with Crippen LogP contribution in [0.15, 0.2) is 24.3 Å². The van der Waals surface area contributed by atoms with Gasteiger partial charge in [0, 0.05) is 12.6 Å². The van der Waals surface area contributed by atoms with E-state index in [2.05, 4.69) is 29.3 Å². The maximum atomic E-state index is 11.7. The Bertz CT molecular complexity index is 487. The van der Waals surface area contributed by atoms with E-state index in [1.807, 2.05) is 12.1 Å². The first-order chi connectivity index (χ1) is 9.06. The summed E-state index contributed by atoms with van der Waals surface area (Å²) in [4.78, 5) is 24.1. The molecule has 102 valence electrons. The minimum Gasteiger partial charge on any atom is -0.480 e. The molecule has 0 aromatic heterocycles. The van der Waals surface area contributed by atoms with E-state index in [0.717, 1.165) is 13.0 Å². The van der Waals surface area contributed by atoms with Crippen LogP contribution in [-0.4, -0.2) is 41.0 Å². The number of fused-ring (bicyclic) bond motifs is 1. The van der Waals surface area contributed by atoms with Crippen molar-refractivity contribution in [1.82, 2.24) is 10.2 Å². The largest absolute Gasteiger partial charge is 0.480 e. The molecule has 0 saturated heterocycles. The Kier molecular flexibility index (Phi) is 4.16. The van der Waals surface area contributed by atoms with Crippen LogP contribution in [0.2, 0.25) is 0 Å². The molecule has 1 amide bonds. The third-order valence-electron chi connectivity index (χ3n) is 3.41. The minimum absolute atomic E-state index is 0.239. The van der Waals surface area contributed by atoms with Crippen molar-refractivity contribution < 1.29 is 14.7 Å². The van der Waals surface area contributed by atoms with Crippen molar-refractivity contribution in [2.75, 3.05) is 13.1 Å². The zero-order chi connectivity index (χ0) is 13.8. The van der Waals surface area contributed by atoms with Crippen molar-refractivity contribution in [3.8, 4) is 0 Å². The fraction of sp³-hybridized carbons (Fsp3) is 0.429. The summed E-state index contributed by atoms with van der Waals surface area (Å²) < 4.78 is 0. The van der Waals surface area contributed by atoms with Gasteiger partial charge in [-0.15, -0.1) is 0 Å². The summed E-state index contributed by atoms with van der Waals surface area (Å²) in [6, 6.07) is 8.50. The van der Waals surface area contributed by atoms with Gasteiger partial charge >= 0.3 is 5.97 Å². The Morgan fingerprint density at radius 2 is 2.05 bits per heavy atom. The lowest BCUT2D eigenvalue weighted by molar-refractivity contribution is -0.138. The molecular weight excluding hydrogens is 244 g/mol. The molecule has 5 nitrogen and oxygen atoms in total. The molecule has 2 rings (SSSR count). The molecule has 0 aliphatic carbocycles. The monoisotopic (exact) mass is 262 g/mol. The highest BCUT2D eigenvalue weighted by Crippen LogP contribution is 2.22. The second kappa shape index (κ2) is 5.84. The molecule has 1 aromatic carbocycles. The van der Waals surface area contributed by atoms with Crippen LogP contribution >= 0.6 is 0 Å². The first-order valence-electron chi connectivity index (χ1n) is 6.35. The number of aliphatic carboxylic acids is 1. The van der Waals surface area contributed by atoms with Gasteiger partial charge in [0.2, 0.25) is 5.91 Å². The van der Waals surface area contributed by atoms with Crippen LogP contribution in [0, 0.1) is 0 Å². The number of carboxylic acid groups (broad SMARTS) is 1. The highest BCUT2D eigenvalue weighted by atomic mass is 16.4. The van der Waals surface area contributed by atoms with Crippen molar-refractivity contribution in [1.29, 1.82) is 0 Å². The minimum atomic E-state index is -1.02. The highest BCUT2D eigenvalue weighted by molar-refractivity contribution is 5.82. The number of nitrogens with zero attached hydrogens (tertiary/aromatic N) is 1. The number of carboxylic acids is 1. The second-order valence-electron chi connectivity index (χ2n) is 4.90. The van der Waals surface area contributed by atoms with Gasteiger partial charge in [-0.2, -0.15) is 0 Å². The van der Waals surface area contributed by atoms with Gasteiger partial charge in [-0.05, 0) is 24.5 Å². The summed E-state index contributed by atoms with van der Waals surface area (Å²) in [7, 11) is 0. The molecule has 2 N–H and O–H groups in total. The average molecular weight is 262 g/mol. The Balaban J connectivity index is 1.95. The maximum absolute atomic E-state index is 11.7. The molecule has 0 fully saturated rings. The number of amides is 1. The Morgan fingerprint density at radius 3 is 2.74 bits per heavy atom. The van der Waals surface area contributed by atoms with E-state index in [4.69, 9.17) is 5.11 Å². The van der Waals surface area contributed by atoms with E-state index in [-0.39, 0.29) is 25.0 Å². The van der Waals surface area contributed by atoms with Crippen molar-refractivity contribution in [3.63, 3.8) is 0 Å². The van der Waals surface area contributed by atoms with E-state index in [1.54, 1.807) is 0 Å². The van der Waals surface area contributed by atoms with E-state index < -0.39 is 5.97 Å². The van der Waals surface area contributed by atoms with Gasteiger partial charge in [0.25, 0.3) is 0 Å². The van der Waals surface area contributed by atoms with Gasteiger partial charge in [0.1, 0.15) is 6.54 Å². The van der Waals surface area contributed by atoms with Crippen molar-refractivity contribution >= 4 is 11.9 Å². The molecule has 0 spiro atoms. The SMILES string of the molecule is C[C@H]1Cc2ccccc2CN1CC(=O)NCC(=O)O. The molecule has 0 unspecified atom stereocenters. The molecule has 1 aromatic rings. The lowest BCUT2D eigenvalue weighted by atomic mass is 9.95. The summed E-state index contributed by atoms with van der Waals surface area (Å²) in [5.74, 6) is -1.26. The zero-order valence-electron chi connectivity index (χ0n) is 10.9. The summed E-state index contributed by atoms with van der Waals surface area (Å²) in [5.41, 5.74) is 2.57. The fourth-order valence-electron chi connectivity index (χ4n) is 2.36. The van der Waals surface area contributed by atoms with Crippen molar-refractivity contribution in [3.05, 3.63) is 35.4 Å². The van der Waals surface area contributed by atoms with Crippen molar-refractivity contribution in [2.45, 2.75) is 25.9 Å². The third kappa shape index (κ3) is 3.54. The van der Waals surface area contributed by atoms with Crippen LogP contribution < -0.4 is 5.32 Å². The predicted octanol–water partition coefficient (Wildman–Crippen LogP) is 0.634. The standard InChI is InChI=1S/C14H18N2O3/c1-10-6-11-4-2-3-5-12(11)8-16(10)9-13(17)15-7-14(18)19/h2-5,10H,6-9H2,1H3,(H,15,17)(H,18,19)/t10-/m0/s1. The van der Waals surface area contributed by atoms with Crippen LogP contribution in [0.1, 0.15) is 18.1 Å². The smallest absolute Gasteiger partial charge is 0.322 e. The molecule has 0 radical (unpaired) electrons. The Hall–Kier alpha value is -1.88. The molecule has 5 heteroatoms. The summed E-state index contributed by atoms with van der Waals surface area (Å²) >= 11 is 0. The van der Waals surface area contributed by atoms with Crippen LogP contribution in [0.5, 0.6) is 0 Å². The Morgan fingerprint density at radius 1 is 1.37 bits per heavy atom. The molecule has 1 heterocycles. The third-order valence-corrected chi connectivity index (χ3v) is 3.41. The van der Waals surface area contributed by atoms with Crippen LogP contribution in [0.4, 0.5) is 0 Å². The molecule has 1 aliphatic rings. The molecule has 1 aliphatic heterocycles. The zero-order valence-corrected chi connectivity index (χ0v) is 10.9. The normalized spacial score (nSPS) is 18.7. The maximum Gasteiger partial charge on any atom is 0.322 e. The highest BCUT2D eigenvalue weighted by Gasteiger charge is 2.24. The summed E-state index contributed by atoms with van der Waals surface area (Å²) in [6.07, 6.45) is 0.919. The molecular formula is C14H18N2O3. The second-order valence-corrected chi connectivity index (χ2v) is 4.90. The predicted molar refractivity (Wildman–Crippen MR) is 70.7 cm³/mol. The van der Waals surface area contributed by atoms with E-state index in [0.29, 0.717) is 0 Å². The van der Waals surface area contributed by atoms with Crippen molar-refractivity contribution in [2.24, 2.45) is 0 Å². The summed E-state index contributed by atoms with van der Waals surface area (Å²) in [6.45, 7) is 2.73. The van der Waals surface area contributed by atoms with Gasteiger partial charge < -0.3 is 10.4 Å². The van der Waals surface area contributed by atoms with E-state index >= 15 is 0 Å². The average Bonchev–Trinajstić information content (AvgIpc) is 2.37. The number of carbonyl (C=O) groups is 2. The quantitative estimate of drug-likeness (QED) is 0.835. The van der Waals surface area contributed by atoms with Gasteiger partial charge in [0.05, 0.1) is 6.54 Å². The first kappa shape index (κ1) is 13.5. The fourth-order valence-corrected chi connectivity index (χ4v) is 2.36. The molecule has 1 atom stereocenters. The first-order valence-corrected chi connectivity index (χ1v) is 6.35. The van der Waals surface area contributed by atoms with Gasteiger partial charge in [-0.25, -0.2) is 0 Å². The van der Waals surface area contributed by atoms with E-state index in [9.17, 15) is 9.59 Å². The molecule has 0 bridgehead atoms. The van der Waals surface area contributed by atoms with Gasteiger partial charge in [0.15, 0.2) is 0 Å². The lowest BCUT2D eigenvalue weighted by Crippen LogP contribution is -2.45. The van der Waals surface area contributed by atoms with Gasteiger partial charge in [-0.3, -0.25) is 14.5 Å². The molecule has 0 saturated carbocycles. The number of hydrogen-bond acceptors (Lipinski definition) is 3. The topological polar surface area (TPSA) is 69.6 Å².